The molecular weight excluding hydrogens is 382 g/mol. The largest absolute Gasteiger partial charge is 0.336 e. The second-order valence-electron chi connectivity index (χ2n) is 8.24. The number of rotatable bonds is 10. The highest BCUT2D eigenvalue weighted by Gasteiger charge is 2.15. The van der Waals surface area contributed by atoms with Gasteiger partial charge in [-0.2, -0.15) is 15.0 Å². The smallest absolute Gasteiger partial charge is 0.232 e. The molecule has 0 atom stereocenters. The quantitative estimate of drug-likeness (QED) is 0.392. The Balaban J connectivity index is 1.93. The molecule has 0 fully saturated rings. The van der Waals surface area contributed by atoms with E-state index in [2.05, 4.69) is 92.3 Å². The molecule has 3 aromatic rings. The molecule has 0 aliphatic heterocycles. The Kier molecular flexibility index (Phi) is 7.99. The molecule has 0 amide bonds. The van der Waals surface area contributed by atoms with Gasteiger partial charge in [0, 0.05) is 25.2 Å². The van der Waals surface area contributed by atoms with E-state index >= 15 is 0 Å². The zero-order valence-corrected chi connectivity index (χ0v) is 19.6. The number of hydrogen-bond donors (Lipinski definition) is 1. The summed E-state index contributed by atoms with van der Waals surface area (Å²) in [7, 11) is 0. The fourth-order valence-electron chi connectivity index (χ4n) is 3.86. The molecule has 1 aromatic heterocycles. The van der Waals surface area contributed by atoms with Crippen LogP contribution in [0.2, 0.25) is 0 Å². The van der Waals surface area contributed by atoms with Gasteiger partial charge in [-0.05, 0) is 43.9 Å². The number of benzene rings is 2. The number of anilines is 3. The monoisotopic (exact) mass is 417 g/mol. The summed E-state index contributed by atoms with van der Waals surface area (Å²) in [4.78, 5) is 16.6. The zero-order valence-electron chi connectivity index (χ0n) is 19.6. The van der Waals surface area contributed by atoms with Crippen molar-refractivity contribution < 1.29 is 0 Å². The first kappa shape index (κ1) is 22.7. The minimum Gasteiger partial charge on any atom is -0.336 e. The highest BCUT2D eigenvalue weighted by molar-refractivity contribution is 5.64. The van der Waals surface area contributed by atoms with Crippen LogP contribution in [0.3, 0.4) is 0 Å². The normalized spacial score (nSPS) is 10.9. The number of unbranched alkanes of at least 4 members (excludes halogenated alkanes) is 2. The van der Waals surface area contributed by atoms with Gasteiger partial charge < -0.3 is 10.2 Å². The maximum Gasteiger partial charge on any atom is 0.232 e. The number of aryl methyl sites for hydroxylation is 4. The Morgan fingerprint density at radius 3 is 2.23 bits per heavy atom. The van der Waals surface area contributed by atoms with E-state index < -0.39 is 0 Å². The van der Waals surface area contributed by atoms with Gasteiger partial charge in [-0.25, -0.2) is 0 Å². The highest BCUT2D eigenvalue weighted by atomic mass is 15.3. The lowest BCUT2D eigenvalue weighted by atomic mass is 10.1. The molecule has 5 heteroatoms. The fourth-order valence-corrected chi connectivity index (χ4v) is 3.86. The van der Waals surface area contributed by atoms with E-state index in [0.29, 0.717) is 5.95 Å². The lowest BCUT2D eigenvalue weighted by Crippen LogP contribution is -2.27. The highest BCUT2D eigenvalue weighted by Crippen LogP contribution is 2.25. The van der Waals surface area contributed by atoms with E-state index in [4.69, 9.17) is 9.97 Å². The molecule has 0 unspecified atom stereocenters. The van der Waals surface area contributed by atoms with Crippen LogP contribution < -0.4 is 10.2 Å². The number of aromatic nitrogens is 3. The van der Waals surface area contributed by atoms with Crippen molar-refractivity contribution in [3.63, 3.8) is 0 Å². The predicted octanol–water partition coefficient (Wildman–Crippen LogP) is 6.30. The van der Waals surface area contributed by atoms with Crippen LogP contribution in [0.1, 0.15) is 61.2 Å². The molecule has 1 N–H and O–H groups in total. The van der Waals surface area contributed by atoms with Gasteiger partial charge in [-0.15, -0.1) is 0 Å². The summed E-state index contributed by atoms with van der Waals surface area (Å²) in [5.41, 5.74) is 5.99. The first-order chi connectivity index (χ1) is 15.0. The van der Waals surface area contributed by atoms with Crippen molar-refractivity contribution in [1.82, 2.24) is 15.0 Å². The summed E-state index contributed by atoms with van der Waals surface area (Å²) in [6.07, 6.45) is 4.28. The minimum absolute atomic E-state index is 0.616. The third-order valence-corrected chi connectivity index (χ3v) is 5.43. The van der Waals surface area contributed by atoms with E-state index in [1.165, 1.54) is 35.1 Å². The van der Waals surface area contributed by atoms with Crippen molar-refractivity contribution in [2.24, 2.45) is 0 Å². The van der Waals surface area contributed by atoms with E-state index in [1.807, 2.05) is 0 Å². The first-order valence-electron chi connectivity index (χ1n) is 11.4. The topological polar surface area (TPSA) is 53.9 Å². The molecule has 2 aromatic carbocycles. The molecule has 1 heterocycles. The number of nitrogens with zero attached hydrogens (tertiary/aromatic N) is 4. The Bertz CT molecular complexity index is 961. The van der Waals surface area contributed by atoms with Crippen molar-refractivity contribution in [1.29, 1.82) is 0 Å². The van der Waals surface area contributed by atoms with Crippen LogP contribution in [0.25, 0.3) is 0 Å². The van der Waals surface area contributed by atoms with Crippen LogP contribution in [0.15, 0.2) is 42.5 Å². The van der Waals surface area contributed by atoms with Gasteiger partial charge in [0.15, 0.2) is 0 Å². The summed E-state index contributed by atoms with van der Waals surface area (Å²) in [5.74, 6) is 2.17. The second-order valence-corrected chi connectivity index (χ2v) is 8.24. The van der Waals surface area contributed by atoms with Gasteiger partial charge in [0.25, 0.3) is 0 Å². The average Bonchev–Trinajstić information content (AvgIpc) is 2.76. The molecule has 0 saturated heterocycles. The van der Waals surface area contributed by atoms with Crippen LogP contribution in [-0.2, 0) is 13.0 Å². The summed E-state index contributed by atoms with van der Waals surface area (Å²) in [5, 5.41) is 3.48. The molecule has 3 rings (SSSR count). The molecule has 0 aliphatic carbocycles. The molecule has 0 aliphatic rings. The number of nitrogens with one attached hydrogen (secondary N) is 1. The van der Waals surface area contributed by atoms with Gasteiger partial charge in [-0.1, -0.05) is 74.7 Å². The summed E-state index contributed by atoms with van der Waals surface area (Å²) >= 11 is 0. The van der Waals surface area contributed by atoms with Gasteiger partial charge in [-0.3, -0.25) is 0 Å². The SMILES string of the molecule is CCCCCN(Cc1ccccc1)c1nc(CC)nc(Nc2c(C)cc(C)cc2C)n1. The molecule has 31 heavy (non-hydrogen) atoms. The van der Waals surface area contributed by atoms with Crippen molar-refractivity contribution in [2.75, 3.05) is 16.8 Å². The van der Waals surface area contributed by atoms with Crippen molar-refractivity contribution in [2.45, 2.75) is 66.8 Å². The Hall–Kier alpha value is -2.95. The van der Waals surface area contributed by atoms with E-state index in [0.717, 1.165) is 43.4 Å². The second kappa shape index (κ2) is 10.9. The summed E-state index contributed by atoms with van der Waals surface area (Å²) in [6.45, 7) is 12.4. The maximum absolute atomic E-state index is 4.85. The third-order valence-electron chi connectivity index (χ3n) is 5.43. The van der Waals surface area contributed by atoms with Crippen molar-refractivity contribution in [3.05, 3.63) is 70.5 Å². The molecule has 0 spiro atoms. The first-order valence-corrected chi connectivity index (χ1v) is 11.4. The summed E-state index contributed by atoms with van der Waals surface area (Å²) in [6, 6.07) is 14.9. The fraction of sp³-hybridized carbons (Fsp3) is 0.423. The van der Waals surface area contributed by atoms with Crippen LogP contribution in [-0.4, -0.2) is 21.5 Å². The molecule has 164 valence electrons. The van der Waals surface area contributed by atoms with Gasteiger partial charge in [0.05, 0.1) is 0 Å². The molecule has 0 bridgehead atoms. The van der Waals surface area contributed by atoms with Gasteiger partial charge in [0.1, 0.15) is 5.82 Å². The third kappa shape index (κ3) is 6.27. The molecule has 0 saturated carbocycles. The zero-order chi connectivity index (χ0) is 22.2. The Morgan fingerprint density at radius 2 is 1.58 bits per heavy atom. The van der Waals surface area contributed by atoms with Crippen LogP contribution in [0.5, 0.6) is 0 Å². The van der Waals surface area contributed by atoms with E-state index in [-0.39, 0.29) is 0 Å². The van der Waals surface area contributed by atoms with Crippen LogP contribution in [0, 0.1) is 20.8 Å². The average molecular weight is 418 g/mol. The van der Waals surface area contributed by atoms with Gasteiger partial charge in [0.2, 0.25) is 11.9 Å². The van der Waals surface area contributed by atoms with Crippen LogP contribution in [0.4, 0.5) is 17.6 Å². The van der Waals surface area contributed by atoms with Crippen LogP contribution >= 0.6 is 0 Å². The lowest BCUT2D eigenvalue weighted by Gasteiger charge is -2.24. The molecule has 0 radical (unpaired) electrons. The number of hydrogen-bond acceptors (Lipinski definition) is 5. The van der Waals surface area contributed by atoms with Gasteiger partial charge >= 0.3 is 0 Å². The summed E-state index contributed by atoms with van der Waals surface area (Å²) < 4.78 is 0. The van der Waals surface area contributed by atoms with Crippen molar-refractivity contribution >= 4 is 17.6 Å². The Labute approximate surface area is 187 Å². The maximum atomic E-state index is 4.85. The van der Waals surface area contributed by atoms with E-state index in [9.17, 15) is 0 Å². The molecule has 5 nitrogen and oxygen atoms in total. The molecular formula is C26H35N5. The standard InChI is InChI=1S/C26H35N5/c1-6-8-12-15-31(18-22-13-10-9-11-14-22)26-28-23(7-2)27-25(30-26)29-24-20(4)16-19(3)17-21(24)5/h9-11,13-14,16-17H,6-8,12,15,18H2,1-5H3,(H,27,28,29,30). The van der Waals surface area contributed by atoms with E-state index in [1.54, 1.807) is 0 Å². The Morgan fingerprint density at radius 1 is 0.871 bits per heavy atom. The predicted molar refractivity (Wildman–Crippen MR) is 130 cm³/mol. The minimum atomic E-state index is 0.616. The lowest BCUT2D eigenvalue weighted by molar-refractivity contribution is 0.658. The van der Waals surface area contributed by atoms with Crippen molar-refractivity contribution in [3.8, 4) is 0 Å².